The summed E-state index contributed by atoms with van der Waals surface area (Å²) in [5.41, 5.74) is 1.29. The predicted octanol–water partition coefficient (Wildman–Crippen LogP) is 1.72. The lowest BCUT2D eigenvalue weighted by molar-refractivity contribution is -0.145. The van der Waals surface area contributed by atoms with Crippen LogP contribution in [0, 0.1) is 5.92 Å². The van der Waals surface area contributed by atoms with Crippen LogP contribution >= 0.6 is 0 Å². The van der Waals surface area contributed by atoms with Gasteiger partial charge in [-0.05, 0) is 24.8 Å². The molecule has 5 heteroatoms. The average molecular weight is 330 g/mol. The Morgan fingerprint density at radius 3 is 2.67 bits per heavy atom. The summed E-state index contributed by atoms with van der Waals surface area (Å²) >= 11 is 0. The van der Waals surface area contributed by atoms with Gasteiger partial charge in [-0.15, -0.1) is 0 Å². The van der Waals surface area contributed by atoms with Crippen molar-refractivity contribution in [2.75, 3.05) is 39.4 Å². The molecule has 130 valence electrons. The zero-order chi connectivity index (χ0) is 16.8. The summed E-state index contributed by atoms with van der Waals surface area (Å²) in [7, 11) is 0. The molecule has 0 spiro atoms. The fraction of sp³-hybridized carbons (Fsp3) is 0.579. The molecule has 0 radical (unpaired) electrons. The second-order valence-corrected chi connectivity index (χ2v) is 6.60. The Hall–Kier alpha value is -1.88. The van der Waals surface area contributed by atoms with Crippen molar-refractivity contribution in [1.82, 2.24) is 9.80 Å². The van der Waals surface area contributed by atoms with E-state index >= 15 is 0 Å². The van der Waals surface area contributed by atoms with Gasteiger partial charge < -0.3 is 14.5 Å². The number of nitrogens with zero attached hydrogens (tertiary/aromatic N) is 2. The normalized spacial score (nSPS) is 21.8. The zero-order valence-electron chi connectivity index (χ0n) is 14.2. The standard InChI is InChI=1S/C19H26N2O3/c22-18-9-8-17(19(23)20-11-13-24-14-12-20)15-21(18)10-4-7-16-5-2-1-3-6-16/h1-3,5-6,17H,4,7-15H2. The monoisotopic (exact) mass is 330 g/mol. The number of hydrogen-bond donors (Lipinski definition) is 0. The van der Waals surface area contributed by atoms with E-state index in [2.05, 4.69) is 12.1 Å². The first-order valence-corrected chi connectivity index (χ1v) is 8.92. The van der Waals surface area contributed by atoms with Crippen LogP contribution in [0.15, 0.2) is 30.3 Å². The number of carbonyl (C=O) groups is 2. The second-order valence-electron chi connectivity index (χ2n) is 6.60. The van der Waals surface area contributed by atoms with Gasteiger partial charge in [0.15, 0.2) is 0 Å². The first-order valence-electron chi connectivity index (χ1n) is 8.92. The van der Waals surface area contributed by atoms with Crippen LogP contribution in [-0.2, 0) is 20.7 Å². The topological polar surface area (TPSA) is 49.9 Å². The summed E-state index contributed by atoms with van der Waals surface area (Å²) in [6.07, 6.45) is 3.08. The number of amides is 2. The van der Waals surface area contributed by atoms with E-state index in [9.17, 15) is 9.59 Å². The number of carbonyl (C=O) groups excluding carboxylic acids is 2. The maximum Gasteiger partial charge on any atom is 0.227 e. The summed E-state index contributed by atoms with van der Waals surface area (Å²) in [6, 6.07) is 10.3. The molecule has 2 aliphatic heterocycles. The summed E-state index contributed by atoms with van der Waals surface area (Å²) < 4.78 is 5.31. The van der Waals surface area contributed by atoms with Crippen molar-refractivity contribution in [3.05, 3.63) is 35.9 Å². The van der Waals surface area contributed by atoms with Crippen molar-refractivity contribution in [1.29, 1.82) is 0 Å². The van der Waals surface area contributed by atoms with Crippen molar-refractivity contribution < 1.29 is 14.3 Å². The van der Waals surface area contributed by atoms with Crippen LogP contribution in [0.5, 0.6) is 0 Å². The van der Waals surface area contributed by atoms with Gasteiger partial charge in [0.2, 0.25) is 11.8 Å². The SMILES string of the molecule is O=C1CCC(C(=O)N2CCOCC2)CN1CCCc1ccccc1. The molecule has 0 aliphatic carbocycles. The minimum atomic E-state index is -0.0440. The molecule has 2 heterocycles. The molecule has 0 bridgehead atoms. The lowest BCUT2D eigenvalue weighted by atomic mass is 9.95. The largest absolute Gasteiger partial charge is 0.378 e. The molecule has 3 rings (SSSR count). The number of aryl methyl sites for hydroxylation is 1. The average Bonchev–Trinajstić information content (AvgIpc) is 2.64. The minimum absolute atomic E-state index is 0.0440. The van der Waals surface area contributed by atoms with Crippen LogP contribution in [0.1, 0.15) is 24.8 Å². The summed E-state index contributed by atoms with van der Waals surface area (Å²) in [6.45, 7) is 3.91. The van der Waals surface area contributed by atoms with Gasteiger partial charge in [-0.3, -0.25) is 9.59 Å². The Bertz CT molecular complexity index is 555. The Labute approximate surface area is 143 Å². The van der Waals surface area contributed by atoms with E-state index in [1.54, 1.807) is 0 Å². The number of ether oxygens (including phenoxy) is 1. The molecule has 1 atom stereocenters. The Morgan fingerprint density at radius 2 is 1.92 bits per heavy atom. The van der Waals surface area contributed by atoms with Gasteiger partial charge in [0.05, 0.1) is 19.1 Å². The van der Waals surface area contributed by atoms with E-state index in [4.69, 9.17) is 4.74 Å². The molecule has 2 saturated heterocycles. The molecule has 0 N–H and O–H groups in total. The number of piperidine rings is 1. The molecular weight excluding hydrogens is 304 g/mol. The van der Waals surface area contributed by atoms with Gasteiger partial charge >= 0.3 is 0 Å². The zero-order valence-corrected chi connectivity index (χ0v) is 14.2. The molecule has 2 fully saturated rings. The van der Waals surface area contributed by atoms with Gasteiger partial charge in [0, 0.05) is 32.6 Å². The number of rotatable bonds is 5. The van der Waals surface area contributed by atoms with Gasteiger partial charge in [-0.25, -0.2) is 0 Å². The number of benzene rings is 1. The third kappa shape index (κ3) is 4.35. The van der Waals surface area contributed by atoms with Crippen LogP contribution in [0.3, 0.4) is 0 Å². The van der Waals surface area contributed by atoms with E-state index in [1.165, 1.54) is 5.56 Å². The third-order valence-electron chi connectivity index (χ3n) is 4.91. The van der Waals surface area contributed by atoms with E-state index in [0.717, 1.165) is 19.4 Å². The van der Waals surface area contributed by atoms with Crippen LogP contribution < -0.4 is 0 Å². The van der Waals surface area contributed by atoms with Gasteiger partial charge in [-0.2, -0.15) is 0 Å². The lowest BCUT2D eigenvalue weighted by Gasteiger charge is -2.36. The molecular formula is C19H26N2O3. The Morgan fingerprint density at radius 1 is 1.17 bits per heavy atom. The smallest absolute Gasteiger partial charge is 0.227 e. The quantitative estimate of drug-likeness (QED) is 0.826. The molecule has 1 unspecified atom stereocenters. The predicted molar refractivity (Wildman–Crippen MR) is 91.5 cm³/mol. The fourth-order valence-corrected chi connectivity index (χ4v) is 3.49. The Balaban J connectivity index is 1.49. The van der Waals surface area contributed by atoms with Crippen LogP contribution in [0.4, 0.5) is 0 Å². The van der Waals surface area contributed by atoms with Crippen LogP contribution in [0.2, 0.25) is 0 Å². The van der Waals surface area contributed by atoms with Crippen molar-refractivity contribution in [3.63, 3.8) is 0 Å². The van der Waals surface area contributed by atoms with Crippen molar-refractivity contribution in [3.8, 4) is 0 Å². The highest BCUT2D eigenvalue weighted by atomic mass is 16.5. The first-order chi connectivity index (χ1) is 11.7. The summed E-state index contributed by atoms with van der Waals surface area (Å²) in [4.78, 5) is 28.6. The molecule has 2 amide bonds. The Kier molecular flexibility index (Phi) is 5.86. The van der Waals surface area contributed by atoms with Gasteiger partial charge in [0.25, 0.3) is 0 Å². The lowest BCUT2D eigenvalue weighted by Crippen LogP contribution is -2.50. The van der Waals surface area contributed by atoms with Crippen LogP contribution in [0.25, 0.3) is 0 Å². The molecule has 0 aromatic heterocycles. The number of morpholine rings is 1. The highest BCUT2D eigenvalue weighted by Gasteiger charge is 2.32. The van der Waals surface area contributed by atoms with E-state index in [0.29, 0.717) is 45.7 Å². The van der Waals surface area contributed by atoms with E-state index in [1.807, 2.05) is 28.0 Å². The molecule has 0 saturated carbocycles. The van der Waals surface area contributed by atoms with E-state index in [-0.39, 0.29) is 17.7 Å². The van der Waals surface area contributed by atoms with Crippen molar-refractivity contribution in [2.45, 2.75) is 25.7 Å². The summed E-state index contributed by atoms with van der Waals surface area (Å²) in [5, 5.41) is 0. The highest BCUT2D eigenvalue weighted by Crippen LogP contribution is 2.21. The fourth-order valence-electron chi connectivity index (χ4n) is 3.49. The molecule has 24 heavy (non-hydrogen) atoms. The summed E-state index contributed by atoms with van der Waals surface area (Å²) in [5.74, 6) is 0.338. The van der Waals surface area contributed by atoms with Gasteiger partial charge in [0.1, 0.15) is 0 Å². The first kappa shape index (κ1) is 17.0. The van der Waals surface area contributed by atoms with Crippen LogP contribution in [-0.4, -0.2) is 61.0 Å². The maximum absolute atomic E-state index is 12.6. The van der Waals surface area contributed by atoms with Crippen molar-refractivity contribution >= 4 is 11.8 Å². The molecule has 1 aromatic rings. The molecule has 5 nitrogen and oxygen atoms in total. The minimum Gasteiger partial charge on any atom is -0.378 e. The molecule has 1 aromatic carbocycles. The number of likely N-dealkylation sites (tertiary alicyclic amines) is 1. The highest BCUT2D eigenvalue weighted by molar-refractivity contribution is 5.84. The number of hydrogen-bond acceptors (Lipinski definition) is 3. The second kappa shape index (κ2) is 8.29. The molecule has 2 aliphatic rings. The van der Waals surface area contributed by atoms with E-state index < -0.39 is 0 Å². The van der Waals surface area contributed by atoms with Crippen molar-refractivity contribution in [2.24, 2.45) is 5.92 Å². The maximum atomic E-state index is 12.6. The third-order valence-corrected chi connectivity index (χ3v) is 4.91. The van der Waals surface area contributed by atoms with Gasteiger partial charge in [-0.1, -0.05) is 30.3 Å².